The van der Waals surface area contributed by atoms with Gasteiger partial charge < -0.3 is 4.74 Å². The molecule has 58 valence electrons. The summed E-state index contributed by atoms with van der Waals surface area (Å²) in [6.07, 6.45) is 3.13. The maximum Gasteiger partial charge on any atom is 0.158 e. The SMILES string of the molecule is C=CCCC(OC)C(C)=O. The molecule has 0 radical (unpaired) electrons. The summed E-state index contributed by atoms with van der Waals surface area (Å²) >= 11 is 0. The zero-order valence-electron chi connectivity index (χ0n) is 6.59. The molecule has 0 amide bonds. The van der Waals surface area contributed by atoms with Crippen LogP contribution in [0.2, 0.25) is 0 Å². The number of methoxy groups -OCH3 is 1. The van der Waals surface area contributed by atoms with Crippen molar-refractivity contribution in [3.8, 4) is 0 Å². The van der Waals surface area contributed by atoms with Gasteiger partial charge in [0.2, 0.25) is 0 Å². The van der Waals surface area contributed by atoms with Gasteiger partial charge >= 0.3 is 0 Å². The van der Waals surface area contributed by atoms with Crippen LogP contribution in [0.5, 0.6) is 0 Å². The number of carbonyl (C=O) groups is 1. The Morgan fingerprint density at radius 2 is 2.40 bits per heavy atom. The van der Waals surface area contributed by atoms with Crippen LogP contribution in [0, 0.1) is 0 Å². The third kappa shape index (κ3) is 3.41. The quantitative estimate of drug-likeness (QED) is 0.544. The molecule has 0 spiro atoms. The number of rotatable bonds is 5. The van der Waals surface area contributed by atoms with Gasteiger partial charge in [0.15, 0.2) is 5.78 Å². The van der Waals surface area contributed by atoms with Crippen LogP contribution in [0.15, 0.2) is 12.7 Å². The minimum Gasteiger partial charge on any atom is -0.374 e. The van der Waals surface area contributed by atoms with E-state index in [1.165, 1.54) is 6.92 Å². The Morgan fingerprint density at radius 1 is 1.80 bits per heavy atom. The Kier molecular flexibility index (Phi) is 4.85. The summed E-state index contributed by atoms with van der Waals surface area (Å²) in [7, 11) is 1.55. The fourth-order valence-corrected chi connectivity index (χ4v) is 0.756. The molecule has 0 aliphatic rings. The van der Waals surface area contributed by atoms with Crippen molar-refractivity contribution in [1.82, 2.24) is 0 Å². The summed E-state index contributed by atoms with van der Waals surface area (Å²) in [4.78, 5) is 10.7. The van der Waals surface area contributed by atoms with Crippen LogP contribution in [0.1, 0.15) is 19.8 Å². The van der Waals surface area contributed by atoms with Gasteiger partial charge in [-0.25, -0.2) is 0 Å². The van der Waals surface area contributed by atoms with E-state index in [9.17, 15) is 4.79 Å². The number of ether oxygens (including phenoxy) is 1. The molecule has 0 fully saturated rings. The van der Waals surface area contributed by atoms with E-state index < -0.39 is 0 Å². The van der Waals surface area contributed by atoms with E-state index in [0.717, 1.165) is 12.8 Å². The Labute approximate surface area is 61.9 Å². The molecule has 10 heavy (non-hydrogen) atoms. The van der Waals surface area contributed by atoms with Crippen molar-refractivity contribution in [3.63, 3.8) is 0 Å². The third-order valence-corrected chi connectivity index (χ3v) is 1.37. The minimum absolute atomic E-state index is 0.0874. The molecule has 0 bridgehead atoms. The van der Waals surface area contributed by atoms with E-state index in [1.54, 1.807) is 13.2 Å². The Bertz CT molecular complexity index is 118. The van der Waals surface area contributed by atoms with Gasteiger partial charge in [0.05, 0.1) is 0 Å². The Hall–Kier alpha value is -0.630. The van der Waals surface area contributed by atoms with Gasteiger partial charge in [0.25, 0.3) is 0 Å². The first-order valence-electron chi connectivity index (χ1n) is 3.36. The lowest BCUT2D eigenvalue weighted by molar-refractivity contribution is -0.126. The van der Waals surface area contributed by atoms with Crippen molar-refractivity contribution in [3.05, 3.63) is 12.7 Å². The topological polar surface area (TPSA) is 26.3 Å². The fourth-order valence-electron chi connectivity index (χ4n) is 0.756. The molecule has 0 aromatic rings. The van der Waals surface area contributed by atoms with Crippen LogP contribution in [0.25, 0.3) is 0 Å². The standard InChI is InChI=1S/C8H14O2/c1-4-5-6-8(10-3)7(2)9/h4,8H,1,5-6H2,2-3H3. The second kappa shape index (κ2) is 5.18. The highest BCUT2D eigenvalue weighted by Crippen LogP contribution is 2.02. The van der Waals surface area contributed by atoms with Gasteiger partial charge in [0, 0.05) is 7.11 Å². The maximum atomic E-state index is 10.7. The first-order valence-corrected chi connectivity index (χ1v) is 3.36. The molecule has 0 aliphatic carbocycles. The first-order chi connectivity index (χ1) is 4.72. The molecule has 0 saturated carbocycles. The van der Waals surface area contributed by atoms with Gasteiger partial charge in [-0.15, -0.1) is 6.58 Å². The van der Waals surface area contributed by atoms with Crippen molar-refractivity contribution >= 4 is 5.78 Å². The van der Waals surface area contributed by atoms with Crippen LogP contribution in [-0.4, -0.2) is 19.0 Å². The molecule has 2 nitrogen and oxygen atoms in total. The normalized spacial score (nSPS) is 12.6. The lowest BCUT2D eigenvalue weighted by Gasteiger charge is -2.08. The minimum atomic E-state index is -0.238. The molecular weight excluding hydrogens is 128 g/mol. The van der Waals surface area contributed by atoms with Crippen LogP contribution >= 0.6 is 0 Å². The average Bonchev–Trinajstić information content (AvgIpc) is 1.89. The summed E-state index contributed by atoms with van der Waals surface area (Å²) in [6, 6.07) is 0. The van der Waals surface area contributed by atoms with Crippen LogP contribution in [0.3, 0.4) is 0 Å². The zero-order chi connectivity index (χ0) is 7.98. The lowest BCUT2D eigenvalue weighted by atomic mass is 10.1. The fraction of sp³-hybridized carbons (Fsp3) is 0.625. The number of carbonyl (C=O) groups excluding carboxylic acids is 1. The predicted molar refractivity (Wildman–Crippen MR) is 40.9 cm³/mol. The number of hydrogen-bond acceptors (Lipinski definition) is 2. The molecule has 0 aromatic heterocycles. The maximum absolute atomic E-state index is 10.7. The van der Waals surface area contributed by atoms with Crippen LogP contribution in [-0.2, 0) is 9.53 Å². The first kappa shape index (κ1) is 9.37. The number of ketones is 1. The summed E-state index contributed by atoms with van der Waals surface area (Å²) in [5, 5.41) is 0. The lowest BCUT2D eigenvalue weighted by Crippen LogP contribution is -2.19. The third-order valence-electron chi connectivity index (χ3n) is 1.37. The van der Waals surface area contributed by atoms with E-state index in [4.69, 9.17) is 4.74 Å². The van der Waals surface area contributed by atoms with Gasteiger partial charge in [-0.3, -0.25) is 4.79 Å². The molecule has 2 heteroatoms. The number of Topliss-reactive ketones (excluding diaryl/α,β-unsaturated/α-hetero) is 1. The molecule has 0 heterocycles. The van der Waals surface area contributed by atoms with Gasteiger partial charge in [-0.1, -0.05) is 6.08 Å². The van der Waals surface area contributed by atoms with E-state index in [1.807, 2.05) is 0 Å². The van der Waals surface area contributed by atoms with Crippen LogP contribution < -0.4 is 0 Å². The molecule has 1 unspecified atom stereocenters. The highest BCUT2D eigenvalue weighted by Gasteiger charge is 2.10. The smallest absolute Gasteiger partial charge is 0.158 e. The summed E-state index contributed by atoms with van der Waals surface area (Å²) in [5.41, 5.74) is 0. The second-order valence-electron chi connectivity index (χ2n) is 2.20. The number of hydrogen-bond donors (Lipinski definition) is 0. The van der Waals surface area contributed by atoms with Crippen molar-refractivity contribution < 1.29 is 9.53 Å². The zero-order valence-corrected chi connectivity index (χ0v) is 6.59. The molecule has 0 aromatic carbocycles. The van der Waals surface area contributed by atoms with E-state index in [2.05, 4.69) is 6.58 Å². The Morgan fingerprint density at radius 3 is 2.70 bits per heavy atom. The molecule has 1 atom stereocenters. The summed E-state index contributed by atoms with van der Waals surface area (Å²) in [5.74, 6) is 0.0874. The van der Waals surface area contributed by atoms with Crippen molar-refractivity contribution in [2.75, 3.05) is 7.11 Å². The van der Waals surface area contributed by atoms with Gasteiger partial charge in [0.1, 0.15) is 6.10 Å². The van der Waals surface area contributed by atoms with Gasteiger partial charge in [-0.2, -0.15) is 0 Å². The largest absolute Gasteiger partial charge is 0.374 e. The Balaban J connectivity index is 3.60. The predicted octanol–water partition coefficient (Wildman–Crippen LogP) is 1.56. The van der Waals surface area contributed by atoms with E-state index in [-0.39, 0.29) is 11.9 Å². The van der Waals surface area contributed by atoms with Gasteiger partial charge in [-0.05, 0) is 19.8 Å². The monoisotopic (exact) mass is 142 g/mol. The van der Waals surface area contributed by atoms with Crippen molar-refractivity contribution in [1.29, 1.82) is 0 Å². The molecule has 0 aliphatic heterocycles. The highest BCUT2D eigenvalue weighted by molar-refractivity contribution is 5.80. The number of allylic oxidation sites excluding steroid dienone is 1. The highest BCUT2D eigenvalue weighted by atomic mass is 16.5. The van der Waals surface area contributed by atoms with Crippen LogP contribution in [0.4, 0.5) is 0 Å². The van der Waals surface area contributed by atoms with Crippen molar-refractivity contribution in [2.45, 2.75) is 25.9 Å². The molecule has 0 saturated heterocycles. The summed E-state index contributed by atoms with van der Waals surface area (Å²) < 4.78 is 4.92. The molecule has 0 N–H and O–H groups in total. The van der Waals surface area contributed by atoms with E-state index in [0.29, 0.717) is 0 Å². The second-order valence-corrected chi connectivity index (χ2v) is 2.20. The van der Waals surface area contributed by atoms with Crippen molar-refractivity contribution in [2.24, 2.45) is 0 Å². The molecular formula is C8H14O2. The summed E-state index contributed by atoms with van der Waals surface area (Å²) in [6.45, 7) is 5.10. The van der Waals surface area contributed by atoms with E-state index >= 15 is 0 Å². The molecule has 0 rings (SSSR count). The average molecular weight is 142 g/mol.